The molecule has 0 atom stereocenters. The van der Waals surface area contributed by atoms with E-state index in [0.717, 1.165) is 29.9 Å². The van der Waals surface area contributed by atoms with Gasteiger partial charge in [0, 0.05) is 25.3 Å². The van der Waals surface area contributed by atoms with Crippen LogP contribution in [0.4, 0.5) is 15.8 Å². The number of nitrogens with zero attached hydrogens (tertiary/aromatic N) is 2. The molecule has 1 aliphatic rings. The Morgan fingerprint density at radius 2 is 1.77 bits per heavy atom. The fourth-order valence-corrected chi connectivity index (χ4v) is 5.58. The van der Waals surface area contributed by atoms with Crippen molar-refractivity contribution in [1.82, 2.24) is 5.32 Å². The monoisotopic (exact) mass is 497 g/mol. The molecule has 3 aromatic carbocycles. The Hall–Kier alpha value is -3.59. The van der Waals surface area contributed by atoms with Gasteiger partial charge in [0.15, 0.2) is 0 Å². The lowest BCUT2D eigenvalue weighted by Crippen LogP contribution is -2.42. The first-order valence-electron chi connectivity index (χ1n) is 11.4. The molecule has 1 amide bonds. The van der Waals surface area contributed by atoms with E-state index >= 15 is 0 Å². The number of sulfonamides is 1. The number of rotatable bonds is 10. The topological polar surface area (TPSA) is 79.0 Å². The lowest BCUT2D eigenvalue weighted by Gasteiger charge is -2.25. The van der Waals surface area contributed by atoms with Gasteiger partial charge in [-0.05, 0) is 60.9 Å². The number of hydrogen-bond acceptors (Lipinski definition) is 5. The van der Waals surface area contributed by atoms with Gasteiger partial charge in [0.2, 0.25) is 5.91 Å². The molecule has 0 aromatic heterocycles. The van der Waals surface area contributed by atoms with Crippen molar-refractivity contribution in [3.63, 3.8) is 0 Å². The molecule has 7 nitrogen and oxygen atoms in total. The number of fused-ring (bicyclic) bond motifs is 1. The first-order chi connectivity index (χ1) is 16.9. The second kappa shape index (κ2) is 10.8. The lowest BCUT2D eigenvalue weighted by atomic mass is 10.2. The van der Waals surface area contributed by atoms with Crippen LogP contribution in [0, 0.1) is 5.82 Å². The molecule has 1 N–H and O–H groups in total. The SMILES string of the molecule is COc1ccc(S(=O)(=O)N(CC(=O)NCCCN2CCc3ccccc32)c2ccccc2F)cc1. The van der Waals surface area contributed by atoms with E-state index in [1.165, 1.54) is 60.8 Å². The van der Waals surface area contributed by atoms with Crippen LogP contribution in [0.1, 0.15) is 12.0 Å². The number of carbonyl (C=O) groups excluding carboxylic acids is 1. The Labute approximate surface area is 205 Å². The average Bonchev–Trinajstić information content (AvgIpc) is 3.29. The van der Waals surface area contributed by atoms with Crippen molar-refractivity contribution in [1.29, 1.82) is 0 Å². The van der Waals surface area contributed by atoms with Crippen molar-refractivity contribution in [3.05, 3.63) is 84.2 Å². The zero-order valence-corrected chi connectivity index (χ0v) is 20.3. The van der Waals surface area contributed by atoms with E-state index in [1.807, 2.05) is 12.1 Å². The van der Waals surface area contributed by atoms with Gasteiger partial charge in [-0.3, -0.25) is 9.10 Å². The van der Waals surface area contributed by atoms with Crippen molar-refractivity contribution in [3.8, 4) is 5.75 Å². The number of para-hydroxylation sites is 2. The largest absolute Gasteiger partial charge is 0.497 e. The third-order valence-corrected chi connectivity index (χ3v) is 7.74. The van der Waals surface area contributed by atoms with Crippen LogP contribution in [0.2, 0.25) is 0 Å². The molecule has 0 aliphatic carbocycles. The number of carbonyl (C=O) groups is 1. The van der Waals surface area contributed by atoms with Gasteiger partial charge in [-0.1, -0.05) is 30.3 Å². The number of amides is 1. The zero-order valence-electron chi connectivity index (χ0n) is 19.5. The van der Waals surface area contributed by atoms with E-state index in [4.69, 9.17) is 4.74 Å². The fourth-order valence-electron chi connectivity index (χ4n) is 4.15. The third-order valence-electron chi connectivity index (χ3n) is 5.97. The number of halogens is 1. The van der Waals surface area contributed by atoms with Gasteiger partial charge < -0.3 is 15.0 Å². The number of hydrogen-bond donors (Lipinski definition) is 1. The van der Waals surface area contributed by atoms with Crippen LogP contribution in [-0.2, 0) is 21.2 Å². The minimum Gasteiger partial charge on any atom is -0.497 e. The fraction of sp³-hybridized carbons (Fsp3) is 0.269. The standard InChI is InChI=1S/C26H28FN3O4S/c1-34-21-11-13-22(14-12-21)35(32,33)30(25-10-5-3-8-23(25)27)19-26(31)28-16-6-17-29-18-15-20-7-2-4-9-24(20)29/h2-5,7-14H,6,15-19H2,1H3,(H,28,31). The van der Waals surface area contributed by atoms with Gasteiger partial charge >= 0.3 is 0 Å². The summed E-state index contributed by atoms with van der Waals surface area (Å²) >= 11 is 0. The Morgan fingerprint density at radius 1 is 1.06 bits per heavy atom. The number of benzene rings is 3. The van der Waals surface area contributed by atoms with Gasteiger partial charge in [0.05, 0.1) is 17.7 Å². The molecule has 184 valence electrons. The van der Waals surface area contributed by atoms with Crippen molar-refractivity contribution in [2.24, 2.45) is 0 Å². The van der Waals surface area contributed by atoms with Crippen molar-refractivity contribution < 1.29 is 22.3 Å². The summed E-state index contributed by atoms with van der Waals surface area (Å²) in [4.78, 5) is 14.9. The van der Waals surface area contributed by atoms with Gasteiger partial charge in [-0.15, -0.1) is 0 Å². The molecule has 35 heavy (non-hydrogen) atoms. The molecule has 0 fully saturated rings. The zero-order chi connectivity index (χ0) is 24.8. The van der Waals surface area contributed by atoms with E-state index in [9.17, 15) is 17.6 Å². The van der Waals surface area contributed by atoms with Gasteiger partial charge in [0.1, 0.15) is 18.1 Å². The quantitative estimate of drug-likeness (QED) is 0.433. The molecular formula is C26H28FN3O4S. The predicted octanol–water partition coefficient (Wildman–Crippen LogP) is 3.60. The molecule has 3 aromatic rings. The highest BCUT2D eigenvalue weighted by Crippen LogP contribution is 2.28. The summed E-state index contributed by atoms with van der Waals surface area (Å²) in [6.45, 7) is 1.56. The third kappa shape index (κ3) is 5.57. The number of ether oxygens (including phenoxy) is 1. The molecule has 0 unspecified atom stereocenters. The van der Waals surface area contributed by atoms with Gasteiger partial charge in [-0.25, -0.2) is 12.8 Å². The molecule has 1 heterocycles. The van der Waals surface area contributed by atoms with Gasteiger partial charge in [-0.2, -0.15) is 0 Å². The van der Waals surface area contributed by atoms with Crippen LogP contribution in [0.5, 0.6) is 5.75 Å². The van der Waals surface area contributed by atoms with Crippen LogP contribution < -0.4 is 19.3 Å². The average molecular weight is 498 g/mol. The maximum atomic E-state index is 14.6. The van der Waals surface area contributed by atoms with E-state index < -0.39 is 28.3 Å². The highest BCUT2D eigenvalue weighted by molar-refractivity contribution is 7.92. The van der Waals surface area contributed by atoms with E-state index in [-0.39, 0.29) is 10.6 Å². The minimum atomic E-state index is -4.21. The summed E-state index contributed by atoms with van der Waals surface area (Å²) in [6.07, 6.45) is 1.70. The maximum Gasteiger partial charge on any atom is 0.264 e. The first kappa shape index (κ1) is 24.5. The molecule has 0 saturated carbocycles. The highest BCUT2D eigenvalue weighted by Gasteiger charge is 2.29. The molecule has 0 spiro atoms. The van der Waals surface area contributed by atoms with E-state index in [1.54, 1.807) is 0 Å². The van der Waals surface area contributed by atoms with Crippen LogP contribution in [0.3, 0.4) is 0 Å². The summed E-state index contributed by atoms with van der Waals surface area (Å²) in [7, 11) is -2.73. The molecule has 9 heteroatoms. The molecule has 0 radical (unpaired) electrons. The van der Waals surface area contributed by atoms with Crippen LogP contribution in [0.25, 0.3) is 0 Å². The van der Waals surface area contributed by atoms with Crippen molar-refractivity contribution in [2.75, 3.05) is 42.5 Å². The van der Waals surface area contributed by atoms with E-state index in [0.29, 0.717) is 18.7 Å². The lowest BCUT2D eigenvalue weighted by molar-refractivity contribution is -0.119. The molecular weight excluding hydrogens is 469 g/mol. The normalized spacial score (nSPS) is 12.8. The summed E-state index contributed by atoms with van der Waals surface area (Å²) < 4.78 is 47.2. The van der Waals surface area contributed by atoms with E-state index in [2.05, 4.69) is 22.3 Å². The molecule has 4 rings (SSSR count). The Morgan fingerprint density at radius 3 is 2.51 bits per heavy atom. The van der Waals surface area contributed by atoms with Crippen LogP contribution in [0.15, 0.2) is 77.7 Å². The second-order valence-electron chi connectivity index (χ2n) is 8.21. The van der Waals surface area contributed by atoms with Crippen LogP contribution in [-0.4, -0.2) is 47.6 Å². The highest BCUT2D eigenvalue weighted by atomic mass is 32.2. The Kier molecular flexibility index (Phi) is 7.55. The number of methoxy groups -OCH3 is 1. The van der Waals surface area contributed by atoms with Crippen molar-refractivity contribution >= 4 is 27.3 Å². The van der Waals surface area contributed by atoms with Gasteiger partial charge in [0.25, 0.3) is 10.0 Å². The summed E-state index contributed by atoms with van der Waals surface area (Å²) in [6, 6.07) is 19.5. The smallest absolute Gasteiger partial charge is 0.264 e. The van der Waals surface area contributed by atoms with Crippen molar-refractivity contribution in [2.45, 2.75) is 17.7 Å². The molecule has 0 bridgehead atoms. The number of anilines is 2. The summed E-state index contributed by atoms with van der Waals surface area (Å²) in [5.74, 6) is -0.753. The Bertz CT molecular complexity index is 1280. The Balaban J connectivity index is 1.42. The molecule has 0 saturated heterocycles. The molecule has 1 aliphatic heterocycles. The summed E-state index contributed by atoms with van der Waals surface area (Å²) in [5, 5.41) is 2.78. The number of nitrogens with one attached hydrogen (secondary N) is 1. The maximum absolute atomic E-state index is 14.6. The van der Waals surface area contributed by atoms with Crippen LogP contribution >= 0.6 is 0 Å². The minimum absolute atomic E-state index is 0.0675. The first-order valence-corrected chi connectivity index (χ1v) is 12.8. The predicted molar refractivity (Wildman–Crippen MR) is 134 cm³/mol. The second-order valence-corrected chi connectivity index (χ2v) is 10.1. The summed E-state index contributed by atoms with van der Waals surface area (Å²) in [5.41, 5.74) is 2.35.